The number of aryl methyl sites for hydroxylation is 1. The number of benzene rings is 2. The summed E-state index contributed by atoms with van der Waals surface area (Å²) in [5.74, 6) is 1.34. The third-order valence-electron chi connectivity index (χ3n) is 5.57. The standard InChI is InChI=1S/C28H25N5O4S/c1-3-35-24-16-19(8-11-23(24)37-14-13-36-21-9-6-18(2)7-10-21)15-22-25(29)33-28(31-26(22)34)38-27(32-33)20-5-4-12-30-17-20/h4-12,15-17,29H,3,13-14H2,1-2H3/b22-15-,29-25?. The monoisotopic (exact) mass is 527 g/mol. The molecule has 0 unspecified atom stereocenters. The maximum atomic E-state index is 12.8. The number of carbonyl (C=O) groups is 1. The van der Waals surface area contributed by atoms with Crippen molar-refractivity contribution in [3.8, 4) is 17.2 Å². The Balaban J connectivity index is 1.30. The summed E-state index contributed by atoms with van der Waals surface area (Å²) in [4.78, 5) is 21.1. The maximum Gasteiger partial charge on any atom is 0.283 e. The molecule has 2 aromatic carbocycles. The fourth-order valence-corrected chi connectivity index (χ4v) is 4.59. The first-order chi connectivity index (χ1) is 18.5. The molecule has 3 heterocycles. The van der Waals surface area contributed by atoms with Crippen LogP contribution in [0, 0.1) is 12.3 Å². The average molecular weight is 528 g/mol. The summed E-state index contributed by atoms with van der Waals surface area (Å²) >= 11 is 1.23. The predicted molar refractivity (Wildman–Crippen MR) is 148 cm³/mol. The fourth-order valence-electron chi connectivity index (χ4n) is 3.71. The van der Waals surface area contributed by atoms with Crippen molar-refractivity contribution in [1.29, 1.82) is 5.41 Å². The number of ether oxygens (including phenoxy) is 3. The van der Waals surface area contributed by atoms with Gasteiger partial charge in [0.1, 0.15) is 24.0 Å². The van der Waals surface area contributed by atoms with Crippen LogP contribution in [0.4, 0.5) is 0 Å². The largest absolute Gasteiger partial charge is 0.490 e. The van der Waals surface area contributed by atoms with Crippen molar-refractivity contribution >= 4 is 39.8 Å². The average Bonchev–Trinajstić information content (AvgIpc) is 3.36. The third kappa shape index (κ3) is 5.60. The molecular weight excluding hydrogens is 502 g/mol. The van der Waals surface area contributed by atoms with Gasteiger partial charge in [-0.05, 0) is 73.6 Å². The molecule has 0 spiro atoms. The van der Waals surface area contributed by atoms with Crippen LogP contribution in [0.3, 0.4) is 0 Å². The number of nitrogens with one attached hydrogen (secondary N) is 1. The molecule has 2 aliphatic heterocycles. The molecule has 9 nitrogen and oxygen atoms in total. The Hall–Kier alpha value is -4.44. The second-order valence-corrected chi connectivity index (χ2v) is 9.27. The highest BCUT2D eigenvalue weighted by Gasteiger charge is 2.36. The van der Waals surface area contributed by atoms with Gasteiger partial charge >= 0.3 is 0 Å². The summed E-state index contributed by atoms with van der Waals surface area (Å²) in [5, 5.41) is 15.5. The Morgan fingerprint density at radius 2 is 1.84 bits per heavy atom. The van der Waals surface area contributed by atoms with Crippen molar-refractivity contribution in [1.82, 2.24) is 9.99 Å². The van der Waals surface area contributed by atoms with E-state index < -0.39 is 5.91 Å². The first-order valence-corrected chi connectivity index (χ1v) is 12.8. The number of amides is 1. The summed E-state index contributed by atoms with van der Waals surface area (Å²) in [6.07, 6.45) is 4.97. The summed E-state index contributed by atoms with van der Waals surface area (Å²) < 4.78 is 17.4. The molecule has 0 atom stereocenters. The first-order valence-electron chi connectivity index (χ1n) is 12.0. The number of aromatic nitrogens is 1. The highest BCUT2D eigenvalue weighted by atomic mass is 32.2. The number of carbonyl (C=O) groups excluding carboxylic acids is 1. The van der Waals surface area contributed by atoms with Crippen molar-refractivity contribution in [2.75, 3.05) is 19.8 Å². The van der Waals surface area contributed by atoms with E-state index in [1.165, 1.54) is 22.3 Å². The van der Waals surface area contributed by atoms with Crippen LogP contribution in [-0.4, -0.2) is 51.8 Å². The predicted octanol–water partition coefficient (Wildman–Crippen LogP) is 4.91. The molecule has 10 heteroatoms. The second-order valence-electron chi connectivity index (χ2n) is 8.32. The quantitative estimate of drug-likeness (QED) is 0.311. The van der Waals surface area contributed by atoms with Gasteiger partial charge in [0, 0.05) is 18.0 Å². The lowest BCUT2D eigenvalue weighted by molar-refractivity contribution is -0.114. The number of aliphatic imine (C=N–C) groups is 1. The van der Waals surface area contributed by atoms with Crippen molar-refractivity contribution in [2.45, 2.75) is 13.8 Å². The van der Waals surface area contributed by atoms with Crippen LogP contribution in [0.1, 0.15) is 23.6 Å². The van der Waals surface area contributed by atoms with Crippen LogP contribution in [0.25, 0.3) is 6.08 Å². The molecular formula is C28H25N5O4S. The maximum absolute atomic E-state index is 12.8. The highest BCUT2D eigenvalue weighted by molar-refractivity contribution is 8.27. The molecule has 2 aliphatic rings. The molecule has 192 valence electrons. The Morgan fingerprint density at radius 1 is 1.03 bits per heavy atom. The van der Waals surface area contributed by atoms with Crippen LogP contribution in [0.15, 0.2) is 82.7 Å². The lowest BCUT2D eigenvalue weighted by Gasteiger charge is -2.20. The number of thioether (sulfide) groups is 1. The fraction of sp³-hybridized carbons (Fsp3) is 0.179. The van der Waals surface area contributed by atoms with Crippen molar-refractivity contribution in [3.05, 3.63) is 89.3 Å². The summed E-state index contributed by atoms with van der Waals surface area (Å²) in [6, 6.07) is 16.9. The molecule has 3 aromatic rings. The number of nitrogens with zero attached hydrogens (tertiary/aromatic N) is 4. The van der Waals surface area contributed by atoms with E-state index in [9.17, 15) is 4.79 Å². The molecule has 0 bridgehead atoms. The number of amidine groups is 2. The van der Waals surface area contributed by atoms with Crippen LogP contribution >= 0.6 is 11.8 Å². The Kier molecular flexibility index (Phi) is 7.50. The Bertz CT molecular complexity index is 1450. The van der Waals surface area contributed by atoms with E-state index in [-0.39, 0.29) is 11.4 Å². The minimum Gasteiger partial charge on any atom is -0.490 e. The number of fused-ring (bicyclic) bond motifs is 1. The number of hydrazone groups is 1. The SMILES string of the molecule is CCOc1cc(/C=C2/C(=N)N3N=C(c4cccnc4)SC3=NC2=O)ccc1OCCOc1ccc(C)cc1. The molecule has 38 heavy (non-hydrogen) atoms. The molecule has 5 rings (SSSR count). The van der Waals surface area contributed by atoms with E-state index in [1.807, 2.05) is 44.2 Å². The van der Waals surface area contributed by atoms with E-state index in [4.69, 9.17) is 19.6 Å². The highest BCUT2D eigenvalue weighted by Crippen LogP contribution is 2.33. The minimum absolute atomic E-state index is 0.0436. The molecule has 0 fully saturated rings. The zero-order chi connectivity index (χ0) is 26.5. The molecule has 1 N–H and O–H groups in total. The smallest absolute Gasteiger partial charge is 0.283 e. The van der Waals surface area contributed by atoms with Gasteiger partial charge in [0.15, 0.2) is 17.3 Å². The van der Waals surface area contributed by atoms with Gasteiger partial charge < -0.3 is 14.2 Å². The van der Waals surface area contributed by atoms with Gasteiger partial charge in [-0.15, -0.1) is 0 Å². The lowest BCUT2D eigenvalue weighted by atomic mass is 10.1. The van der Waals surface area contributed by atoms with E-state index >= 15 is 0 Å². The lowest BCUT2D eigenvalue weighted by Crippen LogP contribution is -2.35. The minimum atomic E-state index is -0.497. The van der Waals surface area contributed by atoms with Crippen LogP contribution in [0.5, 0.6) is 17.2 Å². The molecule has 0 saturated heterocycles. The first kappa shape index (κ1) is 25.2. The summed E-state index contributed by atoms with van der Waals surface area (Å²) in [7, 11) is 0. The number of rotatable bonds is 9. The number of pyridine rings is 1. The van der Waals surface area contributed by atoms with Crippen molar-refractivity contribution < 1.29 is 19.0 Å². The van der Waals surface area contributed by atoms with Crippen LogP contribution in [0.2, 0.25) is 0 Å². The van der Waals surface area contributed by atoms with Gasteiger partial charge in [0.05, 0.1) is 12.2 Å². The molecule has 0 aliphatic carbocycles. The molecule has 0 saturated carbocycles. The normalized spacial score (nSPS) is 15.7. The van der Waals surface area contributed by atoms with E-state index in [1.54, 1.807) is 42.7 Å². The van der Waals surface area contributed by atoms with E-state index in [2.05, 4.69) is 15.1 Å². The molecule has 1 aromatic heterocycles. The molecule has 0 radical (unpaired) electrons. The van der Waals surface area contributed by atoms with Crippen LogP contribution < -0.4 is 14.2 Å². The van der Waals surface area contributed by atoms with E-state index in [0.29, 0.717) is 47.1 Å². The van der Waals surface area contributed by atoms with Gasteiger partial charge in [0.25, 0.3) is 5.91 Å². The van der Waals surface area contributed by atoms with Gasteiger partial charge in [0.2, 0.25) is 5.17 Å². The van der Waals surface area contributed by atoms with Crippen molar-refractivity contribution in [2.24, 2.45) is 10.1 Å². The summed E-state index contributed by atoms with van der Waals surface area (Å²) in [5.41, 5.74) is 2.77. The van der Waals surface area contributed by atoms with Gasteiger partial charge in [-0.1, -0.05) is 23.8 Å². The zero-order valence-corrected chi connectivity index (χ0v) is 21.7. The third-order valence-corrected chi connectivity index (χ3v) is 6.53. The Labute approximate surface area is 224 Å². The Morgan fingerprint density at radius 3 is 2.61 bits per heavy atom. The number of hydrogen-bond acceptors (Lipinski definition) is 8. The van der Waals surface area contributed by atoms with Crippen molar-refractivity contribution in [3.63, 3.8) is 0 Å². The second kappa shape index (κ2) is 11.3. The van der Waals surface area contributed by atoms with Gasteiger partial charge in [-0.2, -0.15) is 15.1 Å². The zero-order valence-electron chi connectivity index (χ0n) is 20.9. The van der Waals surface area contributed by atoms with Gasteiger partial charge in [-0.3, -0.25) is 15.2 Å². The van der Waals surface area contributed by atoms with Crippen LogP contribution in [-0.2, 0) is 4.79 Å². The van der Waals surface area contributed by atoms with E-state index in [0.717, 1.165) is 11.3 Å². The number of hydrogen-bond donors (Lipinski definition) is 1. The molecule has 1 amide bonds. The topological polar surface area (TPSA) is 109 Å². The van der Waals surface area contributed by atoms with Gasteiger partial charge in [-0.25, -0.2) is 0 Å². The summed E-state index contributed by atoms with van der Waals surface area (Å²) in [6.45, 7) is 5.06.